The van der Waals surface area contributed by atoms with E-state index in [0.29, 0.717) is 10.9 Å². The molecule has 0 bridgehead atoms. The minimum absolute atomic E-state index is 0.330. The van der Waals surface area contributed by atoms with E-state index in [1.165, 1.54) is 0 Å². The molecule has 21 heavy (non-hydrogen) atoms. The Morgan fingerprint density at radius 1 is 1.38 bits per heavy atom. The van der Waals surface area contributed by atoms with Crippen molar-refractivity contribution in [2.24, 2.45) is 0 Å². The van der Waals surface area contributed by atoms with Gasteiger partial charge in [-0.25, -0.2) is 4.98 Å². The molecule has 5 heteroatoms. The number of benzene rings is 1. The van der Waals surface area contributed by atoms with Crippen molar-refractivity contribution in [1.82, 2.24) is 9.55 Å². The van der Waals surface area contributed by atoms with Crippen LogP contribution < -0.4 is 5.73 Å². The summed E-state index contributed by atoms with van der Waals surface area (Å²) in [6, 6.07) is 5.68. The van der Waals surface area contributed by atoms with Crippen molar-refractivity contribution in [3.8, 4) is 11.3 Å². The predicted octanol–water partition coefficient (Wildman–Crippen LogP) is 5.47. The van der Waals surface area contributed by atoms with Crippen LogP contribution in [0, 0.1) is 0 Å². The highest BCUT2D eigenvalue weighted by Crippen LogP contribution is 2.35. The van der Waals surface area contributed by atoms with Crippen LogP contribution in [-0.4, -0.2) is 9.55 Å². The number of halogens is 2. The molecule has 0 aliphatic carbocycles. The Hall–Kier alpha value is -1.00. The molecule has 0 aliphatic rings. The zero-order chi connectivity index (χ0) is 15.6. The zero-order valence-corrected chi connectivity index (χ0v) is 15.0. The van der Waals surface area contributed by atoms with E-state index in [2.05, 4.69) is 41.3 Å². The third kappa shape index (κ3) is 3.43. The number of anilines is 1. The highest BCUT2D eigenvalue weighted by Gasteiger charge is 2.19. The summed E-state index contributed by atoms with van der Waals surface area (Å²) in [7, 11) is 0. The van der Waals surface area contributed by atoms with Gasteiger partial charge in [0.25, 0.3) is 0 Å². The molecule has 0 unspecified atom stereocenters. The van der Waals surface area contributed by atoms with Crippen LogP contribution in [0.3, 0.4) is 0 Å². The molecule has 1 aromatic heterocycles. The molecule has 3 nitrogen and oxygen atoms in total. The van der Waals surface area contributed by atoms with E-state index in [1.807, 2.05) is 18.2 Å². The lowest BCUT2D eigenvalue weighted by molar-refractivity contribution is 0.588. The van der Waals surface area contributed by atoms with Gasteiger partial charge in [0, 0.05) is 27.5 Å². The highest BCUT2D eigenvalue weighted by atomic mass is 79.9. The van der Waals surface area contributed by atoms with E-state index in [9.17, 15) is 0 Å². The van der Waals surface area contributed by atoms with Crippen molar-refractivity contribution in [3.05, 3.63) is 33.5 Å². The molecule has 2 N–H and O–H groups in total. The van der Waals surface area contributed by atoms with Crippen LogP contribution in [0.2, 0.25) is 5.02 Å². The molecule has 0 saturated carbocycles. The number of hydrogen-bond acceptors (Lipinski definition) is 2. The maximum atomic E-state index is 6.37. The average molecular weight is 371 g/mol. The molecule has 0 radical (unpaired) electrons. The summed E-state index contributed by atoms with van der Waals surface area (Å²) in [5, 5.41) is 0.682. The Morgan fingerprint density at radius 3 is 2.71 bits per heavy atom. The average Bonchev–Trinajstić information content (AvgIpc) is 2.76. The number of nitrogens with two attached hydrogens (primary N) is 1. The summed E-state index contributed by atoms with van der Waals surface area (Å²) in [5.41, 5.74) is 8.12. The maximum absolute atomic E-state index is 6.37. The van der Waals surface area contributed by atoms with Gasteiger partial charge in [0.1, 0.15) is 17.3 Å². The van der Waals surface area contributed by atoms with Gasteiger partial charge in [-0.1, -0.05) is 54.7 Å². The van der Waals surface area contributed by atoms with Crippen molar-refractivity contribution >= 4 is 33.3 Å². The predicted molar refractivity (Wildman–Crippen MR) is 93.8 cm³/mol. The van der Waals surface area contributed by atoms with Crippen molar-refractivity contribution < 1.29 is 0 Å². The molecule has 0 amide bonds. The lowest BCUT2D eigenvalue weighted by Gasteiger charge is -2.11. The molecule has 1 aromatic carbocycles. The minimum Gasteiger partial charge on any atom is -0.383 e. The monoisotopic (exact) mass is 369 g/mol. The molecule has 0 fully saturated rings. The molecule has 0 spiro atoms. The summed E-state index contributed by atoms with van der Waals surface area (Å²) >= 11 is 9.68. The Labute approximate surface area is 139 Å². The van der Waals surface area contributed by atoms with E-state index < -0.39 is 0 Å². The normalized spacial score (nSPS) is 11.3. The van der Waals surface area contributed by atoms with Crippen LogP contribution in [0.15, 0.2) is 22.7 Å². The number of imidazole rings is 1. The largest absolute Gasteiger partial charge is 0.383 e. The summed E-state index contributed by atoms with van der Waals surface area (Å²) in [5.74, 6) is 2.08. The molecule has 0 saturated heterocycles. The van der Waals surface area contributed by atoms with Gasteiger partial charge in [-0.05, 0) is 24.6 Å². The second kappa shape index (κ2) is 6.84. The van der Waals surface area contributed by atoms with E-state index in [1.54, 1.807) is 0 Å². The summed E-state index contributed by atoms with van der Waals surface area (Å²) in [6.07, 6.45) is 2.22. The number of hydrogen-bond donors (Lipinski definition) is 1. The van der Waals surface area contributed by atoms with Gasteiger partial charge in [-0.2, -0.15) is 0 Å². The second-order valence-corrected chi connectivity index (χ2v) is 6.78. The number of unbranched alkanes of at least 4 members (excludes halogenated alkanes) is 1. The quantitative estimate of drug-likeness (QED) is 0.758. The molecular formula is C16H21BrClN3. The minimum atomic E-state index is 0.330. The van der Waals surface area contributed by atoms with Gasteiger partial charge < -0.3 is 10.3 Å². The van der Waals surface area contributed by atoms with Crippen molar-refractivity contribution in [2.75, 3.05) is 5.73 Å². The van der Waals surface area contributed by atoms with Crippen LogP contribution in [-0.2, 0) is 6.54 Å². The summed E-state index contributed by atoms with van der Waals surface area (Å²) < 4.78 is 3.09. The Bertz CT molecular complexity index is 635. The first-order valence-corrected chi connectivity index (χ1v) is 8.44. The van der Waals surface area contributed by atoms with Gasteiger partial charge in [-0.15, -0.1) is 0 Å². The van der Waals surface area contributed by atoms with E-state index in [0.717, 1.165) is 46.8 Å². The lowest BCUT2D eigenvalue weighted by Crippen LogP contribution is -2.08. The third-order valence-corrected chi connectivity index (χ3v) is 4.40. The molecule has 1 heterocycles. The molecule has 2 aromatic rings. The molecule has 0 atom stereocenters. The molecule has 2 rings (SSSR count). The third-order valence-electron chi connectivity index (χ3n) is 3.47. The molecular weight excluding hydrogens is 350 g/mol. The van der Waals surface area contributed by atoms with Crippen LogP contribution in [0.1, 0.15) is 45.4 Å². The zero-order valence-electron chi connectivity index (χ0n) is 12.7. The number of nitrogen functional groups attached to an aromatic ring is 1. The van der Waals surface area contributed by atoms with Crippen LogP contribution in [0.4, 0.5) is 5.82 Å². The smallest absolute Gasteiger partial charge is 0.131 e. The number of nitrogens with zero attached hydrogens (tertiary/aromatic N) is 2. The summed E-state index contributed by atoms with van der Waals surface area (Å²) in [4.78, 5) is 4.78. The number of rotatable bonds is 5. The Balaban J connectivity index is 2.56. The van der Waals surface area contributed by atoms with Gasteiger partial charge in [0.2, 0.25) is 0 Å². The fourth-order valence-corrected chi connectivity index (χ4v) is 2.96. The lowest BCUT2D eigenvalue weighted by atomic mass is 10.1. The van der Waals surface area contributed by atoms with E-state index >= 15 is 0 Å². The Kier molecular flexibility index (Phi) is 5.33. The van der Waals surface area contributed by atoms with Gasteiger partial charge in [0.05, 0.1) is 0 Å². The molecule has 114 valence electrons. The van der Waals surface area contributed by atoms with Crippen LogP contribution in [0.5, 0.6) is 0 Å². The Morgan fingerprint density at radius 2 is 2.10 bits per heavy atom. The number of aromatic nitrogens is 2. The second-order valence-electron chi connectivity index (χ2n) is 5.49. The summed E-state index contributed by atoms with van der Waals surface area (Å²) in [6.45, 7) is 7.36. The van der Waals surface area contributed by atoms with Gasteiger partial charge in [0.15, 0.2) is 0 Å². The maximum Gasteiger partial charge on any atom is 0.131 e. The standard InChI is InChI=1S/C16H21BrClN3/c1-4-5-8-21-15(19)14(20-16(21)10(2)3)12-9-11(18)6-7-13(12)17/h6-7,9-10H,4-5,8,19H2,1-3H3. The fourth-order valence-electron chi connectivity index (χ4n) is 2.35. The van der Waals surface area contributed by atoms with Crippen LogP contribution in [0.25, 0.3) is 11.3 Å². The first-order valence-electron chi connectivity index (χ1n) is 7.27. The van der Waals surface area contributed by atoms with Gasteiger partial charge >= 0.3 is 0 Å². The van der Waals surface area contributed by atoms with Crippen molar-refractivity contribution in [1.29, 1.82) is 0 Å². The fraction of sp³-hybridized carbons (Fsp3) is 0.438. The SMILES string of the molecule is CCCCn1c(C(C)C)nc(-c2cc(Cl)ccc2Br)c1N. The van der Waals surface area contributed by atoms with Crippen LogP contribution >= 0.6 is 27.5 Å². The first-order chi connectivity index (χ1) is 9.95. The van der Waals surface area contributed by atoms with E-state index in [4.69, 9.17) is 22.3 Å². The highest BCUT2D eigenvalue weighted by molar-refractivity contribution is 9.10. The van der Waals surface area contributed by atoms with Crippen molar-refractivity contribution in [3.63, 3.8) is 0 Å². The van der Waals surface area contributed by atoms with E-state index in [-0.39, 0.29) is 0 Å². The molecule has 0 aliphatic heterocycles. The topological polar surface area (TPSA) is 43.8 Å². The van der Waals surface area contributed by atoms with Crippen molar-refractivity contribution in [2.45, 2.75) is 46.1 Å². The van der Waals surface area contributed by atoms with Gasteiger partial charge in [-0.3, -0.25) is 0 Å². The first kappa shape index (κ1) is 16.4.